The van der Waals surface area contributed by atoms with Gasteiger partial charge in [-0.3, -0.25) is 14.9 Å². The molecule has 5 aromatic carbocycles. The second kappa shape index (κ2) is 23.2. The van der Waals surface area contributed by atoms with Crippen molar-refractivity contribution in [3.63, 3.8) is 0 Å². The van der Waals surface area contributed by atoms with E-state index in [4.69, 9.17) is 38.1 Å². The fourth-order valence-corrected chi connectivity index (χ4v) is 10.4. The number of nitrogens with one attached hydrogen (secondary N) is 2. The molecule has 7 aromatic rings. The summed E-state index contributed by atoms with van der Waals surface area (Å²) in [6, 6.07) is 45.2. The molecule has 16 nitrogen and oxygen atoms in total. The topological polar surface area (TPSA) is 184 Å². The highest BCUT2D eigenvalue weighted by Crippen LogP contribution is 2.51. The summed E-state index contributed by atoms with van der Waals surface area (Å²) in [6.45, 7) is 8.49. The maximum absolute atomic E-state index is 13.6. The Bertz CT molecular complexity index is 2850. The summed E-state index contributed by atoms with van der Waals surface area (Å²) < 4.78 is 43.0. The van der Waals surface area contributed by atoms with Gasteiger partial charge in [-0.2, -0.15) is 20.3 Å². The molecule has 8 rings (SSSR count). The average molecular weight is 977 g/mol. The van der Waals surface area contributed by atoms with Crippen LogP contribution in [0.3, 0.4) is 0 Å². The van der Waals surface area contributed by atoms with E-state index in [0.29, 0.717) is 28.0 Å². The van der Waals surface area contributed by atoms with Gasteiger partial charge in [0, 0.05) is 29.6 Å². The van der Waals surface area contributed by atoms with E-state index in [1.54, 1.807) is 73.6 Å². The van der Waals surface area contributed by atoms with Crippen molar-refractivity contribution in [3.05, 3.63) is 174 Å². The van der Waals surface area contributed by atoms with Gasteiger partial charge in [-0.25, -0.2) is 9.35 Å². The Morgan fingerprint density at radius 2 is 1.31 bits per heavy atom. The van der Waals surface area contributed by atoms with Crippen LogP contribution in [0.2, 0.25) is 0 Å². The van der Waals surface area contributed by atoms with Crippen LogP contribution < -0.4 is 20.1 Å². The molecule has 4 atom stereocenters. The zero-order valence-electron chi connectivity index (χ0n) is 40.5. The number of ether oxygens (including phenoxy) is 4. The van der Waals surface area contributed by atoms with Gasteiger partial charge in [0.1, 0.15) is 29.0 Å². The zero-order chi connectivity index (χ0) is 49.9. The summed E-state index contributed by atoms with van der Waals surface area (Å²) in [5, 5.41) is 20.5. The summed E-state index contributed by atoms with van der Waals surface area (Å²) in [5.41, 5.74) is 2.42. The van der Waals surface area contributed by atoms with E-state index in [1.165, 1.54) is 0 Å². The number of benzene rings is 5. The van der Waals surface area contributed by atoms with Crippen molar-refractivity contribution < 1.29 is 37.6 Å². The first-order chi connectivity index (χ1) is 34.5. The van der Waals surface area contributed by atoms with Crippen molar-refractivity contribution in [2.24, 2.45) is 0 Å². The number of carbonyl (C=O) groups is 2. The minimum atomic E-state index is -1.75. The average Bonchev–Trinajstić information content (AvgIpc) is 4.01. The molecular weight excluding hydrogens is 920 g/mol. The molecule has 1 fully saturated rings. The Morgan fingerprint density at radius 1 is 0.775 bits per heavy atom. The quantitative estimate of drug-likeness (QED) is 0.0394. The van der Waals surface area contributed by atoms with E-state index in [2.05, 4.69) is 54.1 Å². The normalized spacial score (nSPS) is 16.3. The predicted molar refractivity (Wildman–Crippen MR) is 271 cm³/mol. The minimum absolute atomic E-state index is 0.00377. The number of rotatable bonds is 21. The molecule has 1 aliphatic heterocycles. The van der Waals surface area contributed by atoms with Crippen LogP contribution in [0.5, 0.6) is 11.5 Å². The van der Waals surface area contributed by atoms with E-state index in [0.717, 1.165) is 16.7 Å². The lowest BCUT2D eigenvalue weighted by atomic mass is 9.80. The molecule has 0 aliphatic carbocycles. The highest BCUT2D eigenvalue weighted by atomic mass is 31.2. The van der Waals surface area contributed by atoms with E-state index < -0.39 is 44.4 Å². The third kappa shape index (κ3) is 11.4. The van der Waals surface area contributed by atoms with Gasteiger partial charge in [0.2, 0.25) is 5.95 Å². The van der Waals surface area contributed by atoms with Crippen LogP contribution in [-0.4, -0.2) is 88.0 Å². The number of aromatic nitrogens is 4. The summed E-state index contributed by atoms with van der Waals surface area (Å²) in [4.78, 5) is 36.6. The molecule has 1 aliphatic rings. The number of nitrogens with zero attached hydrogens (tertiary/aromatic N) is 6. The Morgan fingerprint density at radius 3 is 1.85 bits per heavy atom. The third-order valence-electron chi connectivity index (χ3n) is 12.0. The Hall–Kier alpha value is -7.09. The second-order valence-corrected chi connectivity index (χ2v) is 18.6. The molecule has 0 saturated carbocycles. The summed E-state index contributed by atoms with van der Waals surface area (Å²) in [7, 11) is 1.51. The summed E-state index contributed by atoms with van der Waals surface area (Å²) in [5.74, 6) is 0.584. The molecule has 0 spiro atoms. The molecule has 0 radical (unpaired) electrons. The van der Waals surface area contributed by atoms with Crippen molar-refractivity contribution in [1.29, 1.82) is 5.26 Å². The second-order valence-electron chi connectivity index (χ2n) is 17.2. The maximum Gasteiger partial charge on any atom is 0.259 e. The van der Waals surface area contributed by atoms with Crippen LogP contribution in [-0.2, 0) is 24.1 Å². The number of methoxy groups -OCH3 is 2. The third-order valence-corrected chi connectivity index (χ3v) is 14.1. The van der Waals surface area contributed by atoms with Crippen molar-refractivity contribution in [2.45, 2.75) is 76.7 Å². The van der Waals surface area contributed by atoms with E-state index in [1.807, 2.05) is 91.0 Å². The molecule has 366 valence electrons. The van der Waals surface area contributed by atoms with Gasteiger partial charge in [-0.05, 0) is 92.9 Å². The largest absolute Gasteiger partial charge is 0.497 e. The molecule has 17 heteroatoms. The number of carbonyl (C=O) groups excluding carboxylic acids is 2. The number of amides is 2. The lowest BCUT2D eigenvalue weighted by molar-refractivity contribution is -0.0931. The highest BCUT2D eigenvalue weighted by Gasteiger charge is 2.45. The maximum atomic E-state index is 13.6. The van der Waals surface area contributed by atoms with Gasteiger partial charge in [-0.15, -0.1) is 0 Å². The molecule has 3 heterocycles. The van der Waals surface area contributed by atoms with Crippen LogP contribution in [0.1, 0.15) is 84.2 Å². The first-order valence-electron chi connectivity index (χ1n) is 23.4. The van der Waals surface area contributed by atoms with Crippen LogP contribution in [0, 0.1) is 11.3 Å². The molecule has 71 heavy (non-hydrogen) atoms. The Labute approximate surface area is 414 Å². The molecule has 0 bridgehead atoms. The molecular formula is C54H57N8O8P. The molecule has 1 unspecified atom stereocenters. The van der Waals surface area contributed by atoms with Crippen molar-refractivity contribution >= 4 is 43.1 Å². The van der Waals surface area contributed by atoms with Gasteiger partial charge in [0.15, 0.2) is 11.9 Å². The zero-order valence-corrected chi connectivity index (χ0v) is 41.4. The van der Waals surface area contributed by atoms with Gasteiger partial charge in [0.05, 0.1) is 57.6 Å². The van der Waals surface area contributed by atoms with Crippen molar-refractivity contribution in [2.75, 3.05) is 38.1 Å². The van der Waals surface area contributed by atoms with Crippen molar-refractivity contribution in [1.82, 2.24) is 24.4 Å². The van der Waals surface area contributed by atoms with Crippen LogP contribution in [0.15, 0.2) is 146 Å². The van der Waals surface area contributed by atoms with Crippen molar-refractivity contribution in [3.8, 4) is 17.6 Å². The van der Waals surface area contributed by atoms with E-state index in [-0.39, 0.29) is 55.6 Å². The number of nitriles is 1. The molecule has 2 aromatic heterocycles. The first-order valence-corrected chi connectivity index (χ1v) is 24.5. The number of hydrogen-bond acceptors (Lipinski definition) is 13. The molecule has 2 amide bonds. The smallest absolute Gasteiger partial charge is 0.259 e. The lowest BCUT2D eigenvalue weighted by Crippen LogP contribution is -2.39. The molecule has 2 N–H and O–H groups in total. The van der Waals surface area contributed by atoms with Crippen LogP contribution in [0.4, 0.5) is 11.8 Å². The van der Waals surface area contributed by atoms with Gasteiger partial charge >= 0.3 is 0 Å². The highest BCUT2D eigenvalue weighted by molar-refractivity contribution is 7.44. The van der Waals surface area contributed by atoms with Gasteiger partial charge < -0.3 is 33.3 Å². The van der Waals surface area contributed by atoms with Gasteiger partial charge in [0.25, 0.3) is 20.3 Å². The number of fused-ring (bicyclic) bond motifs is 1. The van der Waals surface area contributed by atoms with Crippen LogP contribution >= 0.6 is 8.53 Å². The standard InChI is InChI=1S/C54H57N8O8P/c1-36(2)62(37(3)4)71(68-32-16-31-55)70-46-33-48(61-50-45(34-56-61)49(57-51(63)38-17-10-7-11-18-38)58-53(59-50)60-52(64)39-19-12-8-13-20-39)69-47(46)35-67-54(40-21-14-9-15-22-40,41-23-27-43(65-5)28-24-41)42-25-29-44(66-6)30-26-42/h7-15,17-30,34,36-37,46-48H,16,32-33,35H2,1-6H3,(H2,57,58,59,60,63,64)/t46-,47+,48+,71?/m0/s1. The summed E-state index contributed by atoms with van der Waals surface area (Å²) in [6.07, 6.45) is -0.235. The predicted octanol–water partition coefficient (Wildman–Crippen LogP) is 10.3. The van der Waals surface area contributed by atoms with E-state index in [9.17, 15) is 14.9 Å². The first kappa shape index (κ1) is 50.3. The Kier molecular flexibility index (Phi) is 16.4. The lowest BCUT2D eigenvalue weighted by Gasteiger charge is -2.39. The molecule has 1 saturated heterocycles. The van der Waals surface area contributed by atoms with Crippen LogP contribution in [0.25, 0.3) is 11.0 Å². The number of hydrogen-bond donors (Lipinski definition) is 2. The van der Waals surface area contributed by atoms with Gasteiger partial charge in [-0.1, -0.05) is 91.0 Å². The minimum Gasteiger partial charge on any atom is -0.497 e. The Balaban J connectivity index is 1.22. The SMILES string of the molecule is COc1ccc(C(OC[C@H]2O[C@@H](n3ncc4c(NC(=O)c5ccccc5)nc(NC(=O)c5ccccc5)nc43)C[C@@H]2OP(OCCC#N)N(C(C)C)C(C)C)(c2ccccc2)c2ccc(OC)cc2)cc1. The monoisotopic (exact) mass is 976 g/mol. The van der Waals surface area contributed by atoms with E-state index >= 15 is 0 Å². The summed E-state index contributed by atoms with van der Waals surface area (Å²) >= 11 is 0. The fraction of sp³-hybridized carbons (Fsp3) is 0.296. The number of anilines is 2. The fourth-order valence-electron chi connectivity index (χ4n) is 8.62.